The second-order valence-electron chi connectivity index (χ2n) is 7.60. The maximum Gasteiger partial charge on any atom is 0.256 e. The van der Waals surface area contributed by atoms with Crippen LogP contribution in [0.25, 0.3) is 0 Å². The van der Waals surface area contributed by atoms with Gasteiger partial charge in [-0.2, -0.15) is 0 Å². The fourth-order valence-electron chi connectivity index (χ4n) is 3.75. The zero-order chi connectivity index (χ0) is 20.7. The topological polar surface area (TPSA) is 94.6 Å². The highest BCUT2D eigenvalue weighted by atomic mass is 16.2. The Morgan fingerprint density at radius 2 is 1.86 bits per heavy atom. The van der Waals surface area contributed by atoms with Gasteiger partial charge < -0.3 is 20.4 Å². The van der Waals surface area contributed by atoms with E-state index in [2.05, 4.69) is 15.6 Å². The molecule has 3 heterocycles. The molecule has 2 unspecified atom stereocenters. The third kappa shape index (κ3) is 3.53. The zero-order valence-corrected chi connectivity index (χ0v) is 16.6. The Labute approximate surface area is 168 Å². The Morgan fingerprint density at radius 3 is 2.52 bits per heavy atom. The van der Waals surface area contributed by atoms with Gasteiger partial charge in [-0.15, -0.1) is 0 Å². The van der Waals surface area contributed by atoms with Crippen molar-refractivity contribution in [3.63, 3.8) is 0 Å². The molecular weight excluding hydrogens is 370 g/mol. The van der Waals surface area contributed by atoms with E-state index < -0.39 is 0 Å². The fourth-order valence-corrected chi connectivity index (χ4v) is 3.75. The number of likely N-dealkylation sites (tertiary alicyclic amines) is 1. The molecule has 1 aromatic carbocycles. The van der Waals surface area contributed by atoms with Crippen LogP contribution in [-0.2, 0) is 9.59 Å². The number of nitrogens with one attached hydrogen (secondary N) is 2. The Hall–Kier alpha value is -3.42. The summed E-state index contributed by atoms with van der Waals surface area (Å²) in [5.41, 5.74) is 2.93. The molecule has 3 amide bonds. The van der Waals surface area contributed by atoms with E-state index in [4.69, 9.17) is 0 Å². The summed E-state index contributed by atoms with van der Waals surface area (Å²) in [5, 5.41) is 5.86. The first-order valence-electron chi connectivity index (χ1n) is 9.49. The lowest BCUT2D eigenvalue weighted by atomic mass is 10.1. The standard InChI is InChI=1S/C21H23N5O3/c1-12-4-9-16-19(22-12)26(3)18(24-21(16)29)13-5-7-15(8-6-13)23-20(28)14-10-17(27)25(2)11-14/h4-9,14,18H,10-11H2,1-3H3,(H,23,28)(H,24,29). The van der Waals surface area contributed by atoms with Crippen molar-refractivity contribution in [3.8, 4) is 0 Å². The summed E-state index contributed by atoms with van der Waals surface area (Å²) < 4.78 is 0. The second kappa shape index (κ2) is 7.20. The van der Waals surface area contributed by atoms with Gasteiger partial charge in [0.05, 0.1) is 11.5 Å². The van der Waals surface area contributed by atoms with E-state index in [1.165, 1.54) is 0 Å². The van der Waals surface area contributed by atoms with E-state index in [1.807, 2.05) is 37.1 Å². The molecule has 0 bridgehead atoms. The Kier molecular flexibility index (Phi) is 4.70. The van der Waals surface area contributed by atoms with Crippen molar-refractivity contribution in [3.05, 3.63) is 53.2 Å². The molecule has 8 nitrogen and oxygen atoms in total. The normalized spacial score (nSPS) is 21.1. The first-order valence-corrected chi connectivity index (χ1v) is 9.49. The van der Waals surface area contributed by atoms with E-state index in [9.17, 15) is 14.4 Å². The summed E-state index contributed by atoms with van der Waals surface area (Å²) in [6.45, 7) is 2.33. The maximum absolute atomic E-state index is 12.5. The van der Waals surface area contributed by atoms with Crippen LogP contribution < -0.4 is 15.5 Å². The largest absolute Gasteiger partial charge is 0.345 e. The summed E-state index contributed by atoms with van der Waals surface area (Å²) in [6.07, 6.45) is -0.110. The number of nitrogens with zero attached hydrogens (tertiary/aromatic N) is 3. The van der Waals surface area contributed by atoms with E-state index in [1.54, 1.807) is 30.1 Å². The highest BCUT2D eigenvalue weighted by Gasteiger charge is 2.33. The van der Waals surface area contributed by atoms with Gasteiger partial charge in [0.2, 0.25) is 11.8 Å². The number of amides is 3. The number of hydrogen-bond acceptors (Lipinski definition) is 5. The number of aryl methyl sites for hydroxylation is 1. The number of fused-ring (bicyclic) bond motifs is 1. The number of carbonyl (C=O) groups is 3. The molecule has 1 saturated heterocycles. The summed E-state index contributed by atoms with van der Waals surface area (Å²) in [6, 6.07) is 10.9. The highest BCUT2D eigenvalue weighted by Crippen LogP contribution is 2.31. The molecule has 29 heavy (non-hydrogen) atoms. The zero-order valence-electron chi connectivity index (χ0n) is 16.6. The Bertz CT molecular complexity index is 988. The molecule has 2 aliphatic heterocycles. The molecule has 0 aliphatic carbocycles. The van der Waals surface area contributed by atoms with Crippen molar-refractivity contribution in [2.45, 2.75) is 19.5 Å². The van der Waals surface area contributed by atoms with Crippen LogP contribution in [-0.4, -0.2) is 48.2 Å². The molecule has 1 aromatic heterocycles. The maximum atomic E-state index is 12.5. The molecule has 0 radical (unpaired) electrons. The van der Waals surface area contributed by atoms with E-state index in [0.717, 1.165) is 11.3 Å². The predicted octanol–water partition coefficient (Wildman–Crippen LogP) is 1.69. The molecule has 150 valence electrons. The second-order valence-corrected chi connectivity index (χ2v) is 7.60. The summed E-state index contributed by atoms with van der Waals surface area (Å²) in [4.78, 5) is 44.5. The van der Waals surface area contributed by atoms with Crippen molar-refractivity contribution in [2.24, 2.45) is 5.92 Å². The number of pyridine rings is 1. The lowest BCUT2D eigenvalue weighted by Gasteiger charge is -2.35. The number of carbonyl (C=O) groups excluding carboxylic acids is 3. The van der Waals surface area contributed by atoms with Gasteiger partial charge in [-0.1, -0.05) is 12.1 Å². The third-order valence-corrected chi connectivity index (χ3v) is 5.45. The summed E-state index contributed by atoms with van der Waals surface area (Å²) >= 11 is 0. The predicted molar refractivity (Wildman–Crippen MR) is 108 cm³/mol. The van der Waals surface area contributed by atoms with Gasteiger partial charge in [0.25, 0.3) is 5.91 Å². The highest BCUT2D eigenvalue weighted by molar-refractivity contribution is 6.01. The Balaban J connectivity index is 1.49. The van der Waals surface area contributed by atoms with Gasteiger partial charge in [-0.25, -0.2) is 4.98 Å². The van der Waals surface area contributed by atoms with Crippen molar-refractivity contribution >= 4 is 29.2 Å². The average molecular weight is 393 g/mol. The molecular formula is C21H23N5O3. The minimum Gasteiger partial charge on any atom is -0.345 e. The van der Waals surface area contributed by atoms with Crippen molar-refractivity contribution in [1.29, 1.82) is 0 Å². The lowest BCUT2D eigenvalue weighted by molar-refractivity contribution is -0.127. The summed E-state index contributed by atoms with van der Waals surface area (Å²) in [7, 11) is 3.59. The van der Waals surface area contributed by atoms with Gasteiger partial charge in [-0.05, 0) is 36.8 Å². The summed E-state index contributed by atoms with van der Waals surface area (Å²) in [5.74, 6) is -0.0243. The minimum absolute atomic E-state index is 0.0132. The van der Waals surface area contributed by atoms with Crippen LogP contribution >= 0.6 is 0 Å². The van der Waals surface area contributed by atoms with Crippen LogP contribution in [0.3, 0.4) is 0 Å². The van der Waals surface area contributed by atoms with Crippen molar-refractivity contribution in [1.82, 2.24) is 15.2 Å². The SMILES string of the molecule is Cc1ccc2c(n1)N(C)C(c1ccc(NC(=O)C3CC(=O)N(C)C3)cc1)NC2=O. The fraction of sp³-hybridized carbons (Fsp3) is 0.333. The molecule has 2 aromatic rings. The molecule has 4 rings (SSSR count). The quantitative estimate of drug-likeness (QED) is 0.828. The van der Waals surface area contributed by atoms with Crippen LogP contribution in [0.1, 0.15) is 34.2 Å². The third-order valence-electron chi connectivity index (χ3n) is 5.45. The molecule has 0 saturated carbocycles. The number of rotatable bonds is 3. The van der Waals surface area contributed by atoms with Gasteiger partial charge in [0.1, 0.15) is 12.0 Å². The van der Waals surface area contributed by atoms with Gasteiger partial charge in [0, 0.05) is 38.4 Å². The first-order chi connectivity index (χ1) is 13.8. The monoisotopic (exact) mass is 393 g/mol. The van der Waals surface area contributed by atoms with Crippen molar-refractivity contribution in [2.75, 3.05) is 30.9 Å². The number of anilines is 2. The van der Waals surface area contributed by atoms with E-state index in [-0.39, 0.29) is 36.2 Å². The van der Waals surface area contributed by atoms with Crippen LogP contribution in [0.4, 0.5) is 11.5 Å². The molecule has 0 spiro atoms. The van der Waals surface area contributed by atoms with Gasteiger partial charge in [-0.3, -0.25) is 14.4 Å². The molecule has 1 fully saturated rings. The Morgan fingerprint density at radius 1 is 1.14 bits per heavy atom. The van der Waals surface area contributed by atoms with Gasteiger partial charge in [0.15, 0.2) is 0 Å². The minimum atomic E-state index is -0.352. The van der Waals surface area contributed by atoms with Gasteiger partial charge >= 0.3 is 0 Å². The average Bonchev–Trinajstić information content (AvgIpc) is 3.04. The number of benzene rings is 1. The van der Waals surface area contributed by atoms with E-state index >= 15 is 0 Å². The van der Waals surface area contributed by atoms with Crippen LogP contribution in [0.15, 0.2) is 36.4 Å². The number of hydrogen-bond donors (Lipinski definition) is 2. The smallest absolute Gasteiger partial charge is 0.256 e. The van der Waals surface area contributed by atoms with E-state index in [0.29, 0.717) is 23.6 Å². The molecule has 2 N–H and O–H groups in total. The van der Waals surface area contributed by atoms with Crippen molar-refractivity contribution < 1.29 is 14.4 Å². The molecule has 8 heteroatoms. The lowest BCUT2D eigenvalue weighted by Crippen LogP contribution is -2.45. The first kappa shape index (κ1) is 18.9. The molecule has 2 atom stereocenters. The molecule has 2 aliphatic rings. The van der Waals surface area contributed by atoms with Crippen LogP contribution in [0.2, 0.25) is 0 Å². The van der Waals surface area contributed by atoms with Crippen LogP contribution in [0, 0.1) is 12.8 Å². The van der Waals surface area contributed by atoms with Crippen LogP contribution in [0.5, 0.6) is 0 Å². The number of aromatic nitrogens is 1.